The van der Waals surface area contributed by atoms with Crippen LogP contribution in [-0.2, 0) is 9.59 Å². The topological polar surface area (TPSA) is 136 Å². The van der Waals surface area contributed by atoms with Crippen LogP contribution in [0.25, 0.3) is 0 Å². The van der Waals surface area contributed by atoms with Gasteiger partial charge in [-0.3, -0.25) is 5.41 Å². The first kappa shape index (κ1) is 28.6. The third-order valence-electron chi connectivity index (χ3n) is 2.26. The molecule has 6 N–H and O–H groups in total. The summed E-state index contributed by atoms with van der Waals surface area (Å²) in [6, 6.07) is 0. The summed E-state index contributed by atoms with van der Waals surface area (Å²) in [4.78, 5) is 17.8. The Morgan fingerprint density at radius 2 is 1.31 bits per heavy atom. The van der Waals surface area contributed by atoms with Gasteiger partial charge in [-0.2, -0.15) is 26.3 Å². The van der Waals surface area contributed by atoms with E-state index in [1.165, 1.54) is 19.3 Å². The summed E-state index contributed by atoms with van der Waals surface area (Å²) in [6.07, 6.45) is -5.22. The van der Waals surface area contributed by atoms with E-state index >= 15 is 0 Å². The quantitative estimate of drug-likeness (QED) is 0.202. The molecule has 0 aliphatic rings. The number of hydrogen-bond donors (Lipinski definition) is 5. The fourth-order valence-electron chi connectivity index (χ4n) is 1.08. The molecule has 0 atom stereocenters. The SMILES string of the molecule is CC(C)CCCCCNC(=N)N.O=C(O)C(F)(F)F.O=C(O)C(F)(F)F. The molecule has 0 bridgehead atoms. The van der Waals surface area contributed by atoms with Crippen molar-refractivity contribution >= 4 is 17.9 Å². The predicted molar refractivity (Wildman–Crippen MR) is 80.6 cm³/mol. The highest BCUT2D eigenvalue weighted by Gasteiger charge is 2.38. The summed E-state index contributed by atoms with van der Waals surface area (Å²) in [6.45, 7) is 5.33. The molecule has 7 nitrogen and oxygen atoms in total. The molecule has 0 aliphatic heterocycles. The van der Waals surface area contributed by atoms with Crippen molar-refractivity contribution in [1.82, 2.24) is 5.32 Å². The Hall–Kier alpha value is -2.21. The van der Waals surface area contributed by atoms with Crippen molar-refractivity contribution in [2.24, 2.45) is 11.7 Å². The van der Waals surface area contributed by atoms with Gasteiger partial charge in [-0.15, -0.1) is 0 Å². The first-order chi connectivity index (χ1) is 11.5. The Bertz CT molecular complexity index is 401. The first-order valence-electron chi connectivity index (χ1n) is 7.19. The number of carbonyl (C=O) groups is 2. The lowest BCUT2D eigenvalue weighted by atomic mass is 10.1. The monoisotopic (exact) mass is 399 g/mol. The molecule has 0 unspecified atom stereocenters. The van der Waals surface area contributed by atoms with E-state index in [2.05, 4.69) is 19.2 Å². The number of hydrogen-bond acceptors (Lipinski definition) is 3. The summed E-state index contributed by atoms with van der Waals surface area (Å²) in [7, 11) is 0. The summed E-state index contributed by atoms with van der Waals surface area (Å²) < 4.78 is 63.5. The second-order valence-electron chi connectivity index (χ2n) is 5.19. The number of unbranched alkanes of at least 4 members (excludes halogenated alkanes) is 2. The molecule has 0 heterocycles. The van der Waals surface area contributed by atoms with Crippen molar-refractivity contribution in [1.29, 1.82) is 5.41 Å². The van der Waals surface area contributed by atoms with E-state index in [1.807, 2.05) is 0 Å². The van der Waals surface area contributed by atoms with Gasteiger partial charge in [0.05, 0.1) is 0 Å². The number of alkyl halides is 6. The minimum absolute atomic E-state index is 0.0823. The summed E-state index contributed by atoms with van der Waals surface area (Å²) in [5.74, 6) is -4.62. The maximum Gasteiger partial charge on any atom is 0.490 e. The van der Waals surface area contributed by atoms with E-state index in [1.54, 1.807) is 0 Å². The van der Waals surface area contributed by atoms with Crippen molar-refractivity contribution in [2.75, 3.05) is 6.54 Å². The lowest BCUT2D eigenvalue weighted by molar-refractivity contribution is -0.193. The highest BCUT2D eigenvalue weighted by molar-refractivity contribution is 5.74. The third kappa shape index (κ3) is 26.7. The molecule has 26 heavy (non-hydrogen) atoms. The molecule has 0 saturated carbocycles. The van der Waals surface area contributed by atoms with Gasteiger partial charge >= 0.3 is 24.3 Å². The standard InChI is InChI=1S/C9H21N3.2C2HF3O2/c1-8(2)6-4-3-5-7-12-9(10)11;2*3-2(4,5)1(6)7/h8H,3-7H2,1-2H3,(H4,10,11,12);2*(H,6,7). The van der Waals surface area contributed by atoms with Gasteiger partial charge in [-0.1, -0.05) is 33.1 Å². The Morgan fingerprint density at radius 3 is 1.54 bits per heavy atom. The predicted octanol–water partition coefficient (Wildman–Crippen LogP) is 2.95. The van der Waals surface area contributed by atoms with Crippen molar-refractivity contribution in [3.8, 4) is 0 Å². The van der Waals surface area contributed by atoms with E-state index in [0.29, 0.717) is 0 Å². The molecule has 13 heteroatoms. The van der Waals surface area contributed by atoms with E-state index in [9.17, 15) is 26.3 Å². The number of nitrogens with two attached hydrogens (primary N) is 1. The van der Waals surface area contributed by atoms with Crippen LogP contribution in [0.1, 0.15) is 39.5 Å². The van der Waals surface area contributed by atoms with Crippen LogP contribution >= 0.6 is 0 Å². The molecule has 0 fully saturated rings. The number of carboxylic acids is 2. The van der Waals surface area contributed by atoms with Crippen LogP contribution < -0.4 is 11.1 Å². The van der Waals surface area contributed by atoms with Crippen LogP contribution in [0, 0.1) is 11.3 Å². The van der Waals surface area contributed by atoms with Gasteiger partial charge in [0.25, 0.3) is 0 Å². The average molecular weight is 399 g/mol. The lowest BCUT2D eigenvalue weighted by Gasteiger charge is -2.05. The number of halogens is 6. The highest BCUT2D eigenvalue weighted by Crippen LogP contribution is 2.13. The molecule has 156 valence electrons. The van der Waals surface area contributed by atoms with Gasteiger partial charge in [0.1, 0.15) is 0 Å². The lowest BCUT2D eigenvalue weighted by Crippen LogP contribution is -2.30. The van der Waals surface area contributed by atoms with Crippen molar-refractivity contribution < 1.29 is 46.1 Å². The van der Waals surface area contributed by atoms with E-state index in [4.69, 9.17) is 30.9 Å². The molecule has 0 radical (unpaired) electrons. The normalized spacial score (nSPS) is 10.8. The summed E-state index contributed by atoms with van der Waals surface area (Å²) in [5, 5.41) is 24.0. The van der Waals surface area contributed by atoms with Gasteiger partial charge in [-0.25, -0.2) is 9.59 Å². The molecule has 0 aromatic carbocycles. The second kappa shape index (κ2) is 14.0. The number of nitrogens with one attached hydrogen (secondary N) is 2. The maximum absolute atomic E-state index is 10.6. The molecular formula is C13H23F6N3O4. The zero-order valence-corrected chi connectivity index (χ0v) is 14.2. The number of carboxylic acid groups (broad SMARTS) is 2. The van der Waals surface area contributed by atoms with Crippen LogP contribution in [0.15, 0.2) is 0 Å². The number of guanidine groups is 1. The van der Waals surface area contributed by atoms with Crippen molar-refractivity contribution in [3.63, 3.8) is 0 Å². The second-order valence-corrected chi connectivity index (χ2v) is 5.19. The first-order valence-corrected chi connectivity index (χ1v) is 7.19. The van der Waals surface area contributed by atoms with Gasteiger partial charge in [0, 0.05) is 6.54 Å². The van der Waals surface area contributed by atoms with E-state index < -0.39 is 24.3 Å². The average Bonchev–Trinajstić information content (AvgIpc) is 2.41. The Labute approximate surface area is 146 Å². The van der Waals surface area contributed by atoms with Gasteiger partial charge in [-0.05, 0) is 12.3 Å². The largest absolute Gasteiger partial charge is 0.490 e. The fraction of sp³-hybridized carbons (Fsp3) is 0.769. The summed E-state index contributed by atoms with van der Waals surface area (Å²) in [5.41, 5.74) is 5.13. The molecule has 0 amide bonds. The van der Waals surface area contributed by atoms with Gasteiger partial charge in [0.2, 0.25) is 0 Å². The van der Waals surface area contributed by atoms with Crippen LogP contribution in [0.3, 0.4) is 0 Å². The fourth-order valence-corrected chi connectivity index (χ4v) is 1.08. The van der Waals surface area contributed by atoms with Crippen LogP contribution in [0.5, 0.6) is 0 Å². The van der Waals surface area contributed by atoms with Crippen molar-refractivity contribution in [3.05, 3.63) is 0 Å². The zero-order chi connectivity index (χ0) is 21.6. The van der Waals surface area contributed by atoms with E-state index in [-0.39, 0.29) is 5.96 Å². The van der Waals surface area contributed by atoms with Crippen LogP contribution in [-0.4, -0.2) is 47.0 Å². The molecule has 0 spiro atoms. The van der Waals surface area contributed by atoms with Crippen LogP contribution in [0.2, 0.25) is 0 Å². The molecular weight excluding hydrogens is 376 g/mol. The highest BCUT2D eigenvalue weighted by atomic mass is 19.4. The maximum atomic E-state index is 10.6. The molecule has 0 saturated heterocycles. The van der Waals surface area contributed by atoms with Gasteiger partial charge < -0.3 is 21.3 Å². The molecule has 0 aromatic rings. The Balaban J connectivity index is -0.000000326. The minimum Gasteiger partial charge on any atom is -0.475 e. The zero-order valence-electron chi connectivity index (χ0n) is 14.2. The molecule has 0 aliphatic carbocycles. The smallest absolute Gasteiger partial charge is 0.475 e. The Kier molecular flexibility index (Phi) is 15.4. The van der Waals surface area contributed by atoms with E-state index in [0.717, 1.165) is 18.9 Å². The Morgan fingerprint density at radius 1 is 0.962 bits per heavy atom. The minimum atomic E-state index is -5.08. The van der Waals surface area contributed by atoms with Crippen LogP contribution in [0.4, 0.5) is 26.3 Å². The molecule has 0 rings (SSSR count). The third-order valence-corrected chi connectivity index (χ3v) is 2.26. The summed E-state index contributed by atoms with van der Waals surface area (Å²) >= 11 is 0. The van der Waals surface area contributed by atoms with Crippen molar-refractivity contribution in [2.45, 2.75) is 51.9 Å². The number of aliphatic carboxylic acids is 2. The molecule has 0 aromatic heterocycles. The van der Waals surface area contributed by atoms with Gasteiger partial charge in [0.15, 0.2) is 5.96 Å². The number of rotatable bonds is 6.